The summed E-state index contributed by atoms with van der Waals surface area (Å²) in [6, 6.07) is 2.54. The van der Waals surface area contributed by atoms with Gasteiger partial charge < -0.3 is 15.0 Å². The van der Waals surface area contributed by atoms with Gasteiger partial charge in [-0.15, -0.1) is 0 Å². The van der Waals surface area contributed by atoms with Crippen LogP contribution in [0.1, 0.15) is 23.7 Å². The zero-order valence-corrected chi connectivity index (χ0v) is 13.1. The van der Waals surface area contributed by atoms with E-state index in [9.17, 15) is 14.0 Å². The van der Waals surface area contributed by atoms with Crippen molar-refractivity contribution in [3.8, 4) is 0 Å². The van der Waals surface area contributed by atoms with Crippen LogP contribution in [0.3, 0.4) is 0 Å². The second kappa shape index (κ2) is 7.56. The normalized spacial score (nSPS) is 14.8. The number of nitrogens with one attached hydrogen (secondary N) is 1. The molecule has 7 heteroatoms. The van der Waals surface area contributed by atoms with E-state index in [0.717, 1.165) is 19.2 Å². The maximum atomic E-state index is 14.3. The molecule has 1 aliphatic heterocycles. The number of halogens is 2. The zero-order valence-electron chi connectivity index (χ0n) is 12.3. The van der Waals surface area contributed by atoms with E-state index >= 15 is 0 Å². The molecule has 1 fully saturated rings. The number of carbonyl (C=O) groups is 2. The summed E-state index contributed by atoms with van der Waals surface area (Å²) in [5.74, 6) is -1.71. The smallest absolute Gasteiger partial charge is 0.313 e. The fraction of sp³-hybridized carbons (Fsp3) is 0.467. The minimum Gasteiger partial charge on any atom is -0.466 e. The second-order valence-corrected chi connectivity index (χ2v) is 5.33. The second-order valence-electron chi connectivity index (χ2n) is 4.93. The molecule has 0 aromatic heterocycles. The maximum Gasteiger partial charge on any atom is 0.313 e. The summed E-state index contributed by atoms with van der Waals surface area (Å²) in [6.45, 7) is 4.71. The molecule has 120 valence electrons. The number of carbonyl (C=O) groups excluding carboxylic acids is 2. The molecule has 0 bridgehead atoms. The first-order valence-electron chi connectivity index (χ1n) is 7.16. The Kier molecular flexibility index (Phi) is 5.74. The number of rotatable bonds is 5. The highest BCUT2D eigenvalue weighted by Crippen LogP contribution is 2.28. The molecule has 0 amide bonds. The number of ether oxygens (including phenoxy) is 1. The number of hydrogen-bond acceptors (Lipinski definition) is 5. The number of benzene rings is 1. The van der Waals surface area contributed by atoms with Crippen LogP contribution in [0.2, 0.25) is 5.02 Å². The highest BCUT2D eigenvalue weighted by atomic mass is 35.5. The monoisotopic (exact) mass is 328 g/mol. The van der Waals surface area contributed by atoms with Gasteiger partial charge >= 0.3 is 5.97 Å². The minimum atomic E-state index is -0.643. The van der Waals surface area contributed by atoms with E-state index < -0.39 is 24.0 Å². The number of hydrogen-bond donors (Lipinski definition) is 1. The Morgan fingerprint density at radius 2 is 2.05 bits per heavy atom. The van der Waals surface area contributed by atoms with E-state index in [0.29, 0.717) is 18.8 Å². The van der Waals surface area contributed by atoms with Gasteiger partial charge in [-0.3, -0.25) is 9.59 Å². The van der Waals surface area contributed by atoms with Gasteiger partial charge in [0.1, 0.15) is 12.2 Å². The van der Waals surface area contributed by atoms with Crippen molar-refractivity contribution < 1.29 is 18.7 Å². The molecule has 0 unspecified atom stereocenters. The van der Waals surface area contributed by atoms with E-state index in [4.69, 9.17) is 16.3 Å². The molecule has 1 aromatic carbocycles. The van der Waals surface area contributed by atoms with E-state index in [1.54, 1.807) is 6.92 Å². The Labute approximate surface area is 133 Å². The summed E-state index contributed by atoms with van der Waals surface area (Å²) in [5.41, 5.74) is 0.380. The third kappa shape index (κ3) is 3.96. The van der Waals surface area contributed by atoms with Crippen LogP contribution >= 0.6 is 11.6 Å². The van der Waals surface area contributed by atoms with Gasteiger partial charge in [-0.05, 0) is 19.1 Å². The van der Waals surface area contributed by atoms with Crippen molar-refractivity contribution in [1.82, 2.24) is 5.32 Å². The lowest BCUT2D eigenvalue weighted by Gasteiger charge is -2.30. The van der Waals surface area contributed by atoms with Crippen LogP contribution in [-0.2, 0) is 9.53 Å². The lowest BCUT2D eigenvalue weighted by molar-refractivity contribution is -0.141. The van der Waals surface area contributed by atoms with Crippen molar-refractivity contribution >= 4 is 29.0 Å². The van der Waals surface area contributed by atoms with Gasteiger partial charge in [0.2, 0.25) is 0 Å². The molecule has 22 heavy (non-hydrogen) atoms. The number of piperazine rings is 1. The van der Waals surface area contributed by atoms with E-state index in [2.05, 4.69) is 5.32 Å². The highest BCUT2D eigenvalue weighted by molar-refractivity contribution is 6.34. The van der Waals surface area contributed by atoms with Crippen molar-refractivity contribution in [1.29, 1.82) is 0 Å². The maximum absolute atomic E-state index is 14.3. The van der Waals surface area contributed by atoms with Gasteiger partial charge in [0.05, 0.1) is 17.3 Å². The van der Waals surface area contributed by atoms with Gasteiger partial charge in [-0.2, -0.15) is 0 Å². The lowest BCUT2D eigenvalue weighted by Crippen LogP contribution is -2.43. The van der Waals surface area contributed by atoms with Gasteiger partial charge in [-0.1, -0.05) is 11.6 Å². The van der Waals surface area contributed by atoms with Crippen molar-refractivity contribution in [3.05, 3.63) is 28.5 Å². The number of Topliss-reactive ketones (excluding diaryl/α,β-unsaturated/α-hetero) is 1. The summed E-state index contributed by atoms with van der Waals surface area (Å²) in [5, 5.41) is 3.32. The SMILES string of the molecule is CCOC(=O)CC(=O)c1cc(F)c(N2CCNCC2)cc1Cl. The van der Waals surface area contributed by atoms with Gasteiger partial charge in [0.25, 0.3) is 0 Å². The first-order valence-corrected chi connectivity index (χ1v) is 7.54. The van der Waals surface area contributed by atoms with Crippen LogP contribution in [0.5, 0.6) is 0 Å². The molecule has 1 heterocycles. The molecule has 0 saturated carbocycles. The number of ketones is 1. The third-order valence-electron chi connectivity index (χ3n) is 3.40. The number of nitrogens with zero attached hydrogens (tertiary/aromatic N) is 1. The van der Waals surface area contributed by atoms with Crippen molar-refractivity contribution in [3.63, 3.8) is 0 Å². The molecule has 2 rings (SSSR count). The van der Waals surface area contributed by atoms with Gasteiger partial charge in [-0.25, -0.2) is 4.39 Å². The summed E-state index contributed by atoms with van der Waals surface area (Å²) < 4.78 is 19.0. The zero-order chi connectivity index (χ0) is 16.1. The summed E-state index contributed by atoms with van der Waals surface area (Å²) in [7, 11) is 0. The van der Waals surface area contributed by atoms with Gasteiger partial charge in [0.15, 0.2) is 5.78 Å². The molecule has 1 aromatic rings. The van der Waals surface area contributed by atoms with E-state index in [-0.39, 0.29) is 17.2 Å². The molecule has 0 radical (unpaired) electrons. The van der Waals surface area contributed by atoms with E-state index in [1.807, 2.05) is 4.90 Å². The number of esters is 1. The molecule has 5 nitrogen and oxygen atoms in total. The summed E-state index contributed by atoms with van der Waals surface area (Å²) >= 11 is 6.09. The predicted molar refractivity (Wildman–Crippen MR) is 82.1 cm³/mol. The average Bonchev–Trinajstić information content (AvgIpc) is 2.50. The minimum absolute atomic E-state index is 0.00565. The van der Waals surface area contributed by atoms with Crippen LogP contribution in [-0.4, -0.2) is 44.5 Å². The fourth-order valence-electron chi connectivity index (χ4n) is 2.34. The third-order valence-corrected chi connectivity index (χ3v) is 3.72. The molecule has 1 aliphatic rings. The molecular formula is C15H18ClFN2O3. The molecule has 1 N–H and O–H groups in total. The molecule has 0 aliphatic carbocycles. The van der Waals surface area contributed by atoms with Crippen LogP contribution in [0, 0.1) is 5.82 Å². The molecule has 0 spiro atoms. The van der Waals surface area contributed by atoms with Crippen molar-refractivity contribution in [2.45, 2.75) is 13.3 Å². The van der Waals surface area contributed by atoms with Crippen molar-refractivity contribution in [2.75, 3.05) is 37.7 Å². The van der Waals surface area contributed by atoms with Crippen molar-refractivity contribution in [2.24, 2.45) is 0 Å². The Morgan fingerprint density at radius 3 is 2.68 bits per heavy atom. The lowest BCUT2D eigenvalue weighted by atomic mass is 10.1. The van der Waals surface area contributed by atoms with E-state index in [1.165, 1.54) is 6.07 Å². The summed E-state index contributed by atoms with van der Waals surface area (Å²) in [4.78, 5) is 25.2. The van der Waals surface area contributed by atoms with Crippen LogP contribution in [0.25, 0.3) is 0 Å². The quantitative estimate of drug-likeness (QED) is 0.509. The Morgan fingerprint density at radius 1 is 1.36 bits per heavy atom. The van der Waals surface area contributed by atoms with Crippen LogP contribution < -0.4 is 10.2 Å². The van der Waals surface area contributed by atoms with Crippen LogP contribution in [0.15, 0.2) is 12.1 Å². The number of anilines is 1. The summed E-state index contributed by atoms with van der Waals surface area (Å²) in [6.07, 6.45) is -0.444. The molecular weight excluding hydrogens is 311 g/mol. The average molecular weight is 329 g/mol. The predicted octanol–water partition coefficient (Wildman–Crippen LogP) is 2.02. The van der Waals surface area contributed by atoms with Crippen LogP contribution in [0.4, 0.5) is 10.1 Å². The first kappa shape index (κ1) is 16.7. The topological polar surface area (TPSA) is 58.6 Å². The Balaban J connectivity index is 2.18. The largest absolute Gasteiger partial charge is 0.466 e. The molecule has 0 atom stereocenters. The highest BCUT2D eigenvalue weighted by Gasteiger charge is 2.21. The Hall–Kier alpha value is -1.66. The van der Waals surface area contributed by atoms with Gasteiger partial charge in [0, 0.05) is 31.7 Å². The Bertz CT molecular complexity index is 574. The standard InChI is InChI=1S/C15H18ClFN2O3/c1-2-22-15(21)9-14(20)10-7-12(17)13(8-11(10)16)19-5-3-18-4-6-19/h7-8,18H,2-6,9H2,1H3. The fourth-order valence-corrected chi connectivity index (χ4v) is 2.60. The first-order chi connectivity index (χ1) is 10.5. The molecule has 1 saturated heterocycles.